The molecule has 0 spiro atoms. The molecule has 48 heavy (non-hydrogen) atoms. The van der Waals surface area contributed by atoms with Crippen LogP contribution in [0.3, 0.4) is 0 Å². The Hall–Kier alpha value is -6.10. The fourth-order valence-electron chi connectivity index (χ4n) is 7.65. The van der Waals surface area contributed by atoms with E-state index in [0.717, 1.165) is 58.1 Å². The van der Waals surface area contributed by atoms with Gasteiger partial charge < -0.3 is 0 Å². The maximum Gasteiger partial charge on any atom is 0.165 e. The topological polar surface area (TPSA) is 30.7 Å². The van der Waals surface area contributed by atoms with Crippen LogP contribution in [-0.2, 0) is 0 Å². The van der Waals surface area contributed by atoms with Crippen LogP contribution in [-0.4, -0.2) is 14.5 Å². The van der Waals surface area contributed by atoms with E-state index >= 15 is 0 Å². The number of aromatic nitrogens is 3. The van der Waals surface area contributed by atoms with E-state index in [4.69, 9.17) is 16.8 Å². The molecule has 11 rings (SSSR count). The SMILES string of the molecule is [2H]c1c([2H])c([2H])c(-c2nc3ccccc3nc2-n2c3ccc4ccccc4c3c3c4ccccc4c4c(sc5ccc6ccccc6c54)c32)c([2H])c1[2H]. The van der Waals surface area contributed by atoms with E-state index in [1.165, 1.54) is 16.2 Å². The van der Waals surface area contributed by atoms with Crippen LogP contribution in [0.2, 0.25) is 0 Å². The van der Waals surface area contributed by atoms with E-state index in [1.54, 1.807) is 11.3 Å². The summed E-state index contributed by atoms with van der Waals surface area (Å²) in [5.74, 6) is 0.399. The van der Waals surface area contributed by atoms with Crippen LogP contribution >= 0.6 is 11.3 Å². The molecule has 0 radical (unpaired) electrons. The van der Waals surface area contributed by atoms with E-state index in [0.29, 0.717) is 16.9 Å². The Morgan fingerprint density at radius 1 is 0.521 bits per heavy atom. The third-order valence-corrected chi connectivity index (χ3v) is 10.8. The number of fused-ring (bicyclic) bond motifs is 15. The standard InChI is InChI=1S/C44H25N3S/c1-2-14-28(15-3-1)41-44(46-34-21-11-10-20-33(34)45-41)47-35-24-22-26-12-4-6-16-29(26)37(35)39-31-18-8-9-19-32(31)40-38-30-17-7-5-13-27(30)23-25-36(38)48-43(40)42(39)47/h1-25H/i1D,2D,3D,14D,15D. The molecule has 0 aliphatic rings. The number of hydrogen-bond donors (Lipinski definition) is 0. The molecule has 0 aliphatic carbocycles. The fraction of sp³-hybridized carbons (Fsp3) is 0. The van der Waals surface area contributed by atoms with Crippen molar-refractivity contribution in [2.45, 2.75) is 0 Å². The molecule has 3 nitrogen and oxygen atoms in total. The third-order valence-electron chi connectivity index (χ3n) is 9.62. The first-order chi connectivity index (χ1) is 25.9. The molecular weight excluding hydrogens is 603 g/mol. The third kappa shape index (κ3) is 3.47. The Kier molecular flexibility index (Phi) is 4.38. The van der Waals surface area contributed by atoms with Gasteiger partial charge in [0.25, 0.3) is 0 Å². The van der Waals surface area contributed by atoms with Crippen molar-refractivity contribution in [3.05, 3.63) is 152 Å². The molecule has 0 saturated heterocycles. The van der Waals surface area contributed by atoms with Crippen molar-refractivity contribution >= 4 is 96.7 Å². The maximum absolute atomic E-state index is 9.08. The van der Waals surface area contributed by atoms with E-state index in [-0.39, 0.29) is 23.3 Å². The van der Waals surface area contributed by atoms with Crippen LogP contribution in [0.5, 0.6) is 0 Å². The molecule has 0 saturated carbocycles. The number of hydrogen-bond acceptors (Lipinski definition) is 3. The zero-order valence-corrected chi connectivity index (χ0v) is 26.1. The second kappa shape index (κ2) is 9.71. The van der Waals surface area contributed by atoms with Crippen molar-refractivity contribution in [1.82, 2.24) is 14.5 Å². The summed E-state index contributed by atoms with van der Waals surface area (Å²) in [7, 11) is 0. The molecule has 0 fully saturated rings. The number of para-hydroxylation sites is 2. The van der Waals surface area contributed by atoms with Gasteiger partial charge in [-0.3, -0.25) is 4.57 Å². The minimum Gasteiger partial charge on any atom is -0.290 e. The first-order valence-electron chi connectivity index (χ1n) is 18.4. The molecular formula is C44H25N3S. The summed E-state index contributed by atoms with van der Waals surface area (Å²) in [6, 6.07) is 39.7. The van der Waals surface area contributed by atoms with E-state index in [1.807, 2.05) is 30.3 Å². The van der Waals surface area contributed by atoms with Gasteiger partial charge in [0.15, 0.2) is 5.82 Å². The highest BCUT2D eigenvalue weighted by Gasteiger charge is 2.26. The average molecular weight is 633 g/mol. The van der Waals surface area contributed by atoms with Gasteiger partial charge in [0, 0.05) is 31.8 Å². The molecule has 222 valence electrons. The largest absolute Gasteiger partial charge is 0.290 e. The predicted molar refractivity (Wildman–Crippen MR) is 205 cm³/mol. The van der Waals surface area contributed by atoms with Crippen LogP contribution in [0.4, 0.5) is 0 Å². The summed E-state index contributed by atoms with van der Waals surface area (Å²) in [5.41, 5.74) is 3.26. The van der Waals surface area contributed by atoms with Gasteiger partial charge in [-0.25, -0.2) is 9.97 Å². The molecule has 8 aromatic carbocycles. The van der Waals surface area contributed by atoms with Crippen molar-refractivity contribution in [1.29, 1.82) is 0 Å². The van der Waals surface area contributed by atoms with Gasteiger partial charge in [-0.2, -0.15) is 0 Å². The number of benzene rings is 8. The summed E-state index contributed by atoms with van der Waals surface area (Å²) in [4.78, 5) is 10.4. The molecule has 4 heteroatoms. The van der Waals surface area contributed by atoms with Crippen LogP contribution in [0.15, 0.2) is 152 Å². The maximum atomic E-state index is 9.08. The second-order valence-electron chi connectivity index (χ2n) is 12.1. The number of rotatable bonds is 2. The molecule has 0 unspecified atom stereocenters. The minimum absolute atomic E-state index is 0.0133. The monoisotopic (exact) mass is 632 g/mol. The molecule has 0 amide bonds. The first-order valence-corrected chi connectivity index (χ1v) is 16.7. The van der Waals surface area contributed by atoms with E-state index in [9.17, 15) is 0 Å². The van der Waals surface area contributed by atoms with E-state index < -0.39 is 18.1 Å². The zero-order valence-electron chi connectivity index (χ0n) is 30.3. The van der Waals surface area contributed by atoms with Crippen molar-refractivity contribution < 1.29 is 6.85 Å². The highest BCUT2D eigenvalue weighted by atomic mass is 32.1. The first kappa shape index (κ1) is 21.6. The highest BCUT2D eigenvalue weighted by molar-refractivity contribution is 7.27. The van der Waals surface area contributed by atoms with Gasteiger partial charge in [-0.05, 0) is 56.6 Å². The molecule has 11 aromatic rings. The van der Waals surface area contributed by atoms with Gasteiger partial charge in [-0.1, -0.05) is 127 Å². The van der Waals surface area contributed by atoms with Crippen LogP contribution in [0.25, 0.3) is 102 Å². The van der Waals surface area contributed by atoms with Crippen molar-refractivity contribution in [3.8, 4) is 17.1 Å². The summed E-state index contributed by atoms with van der Waals surface area (Å²) in [6.07, 6.45) is 0. The molecule has 0 atom stereocenters. The Balaban J connectivity index is 1.46. The van der Waals surface area contributed by atoms with Gasteiger partial charge in [0.2, 0.25) is 0 Å². The van der Waals surface area contributed by atoms with Crippen LogP contribution in [0, 0.1) is 0 Å². The van der Waals surface area contributed by atoms with Gasteiger partial charge in [0.1, 0.15) is 5.69 Å². The van der Waals surface area contributed by atoms with Gasteiger partial charge >= 0.3 is 0 Å². The lowest BCUT2D eigenvalue weighted by Crippen LogP contribution is -2.03. The summed E-state index contributed by atoms with van der Waals surface area (Å²) in [6.45, 7) is 0. The molecule has 0 bridgehead atoms. The van der Waals surface area contributed by atoms with Crippen molar-refractivity contribution in [2.75, 3.05) is 0 Å². The predicted octanol–water partition coefficient (Wildman–Crippen LogP) is 12.2. The smallest absolute Gasteiger partial charge is 0.165 e. The zero-order chi connectivity index (χ0) is 35.7. The Bertz CT molecular complexity index is 3390. The van der Waals surface area contributed by atoms with Crippen LogP contribution < -0.4 is 0 Å². The normalized spacial score (nSPS) is 13.6. The molecule has 0 N–H and O–H groups in total. The Morgan fingerprint density at radius 2 is 1.12 bits per heavy atom. The van der Waals surface area contributed by atoms with Gasteiger partial charge in [0.05, 0.1) is 33.6 Å². The Morgan fingerprint density at radius 3 is 1.88 bits per heavy atom. The summed E-state index contributed by atoms with van der Waals surface area (Å²) >= 11 is 1.74. The highest BCUT2D eigenvalue weighted by Crippen LogP contribution is 2.50. The second-order valence-corrected chi connectivity index (χ2v) is 13.2. The lowest BCUT2D eigenvalue weighted by Gasteiger charge is -2.14. The minimum atomic E-state index is -0.451. The lowest BCUT2D eigenvalue weighted by molar-refractivity contribution is 1.08. The number of thiophene rings is 1. The number of nitrogens with zero attached hydrogens (tertiary/aromatic N) is 3. The quantitative estimate of drug-likeness (QED) is 0.190. The van der Waals surface area contributed by atoms with Crippen LogP contribution in [0.1, 0.15) is 6.85 Å². The lowest BCUT2D eigenvalue weighted by atomic mass is 9.95. The molecule has 3 heterocycles. The molecule has 3 aromatic heterocycles. The summed E-state index contributed by atoms with van der Waals surface area (Å²) in [5, 5.41) is 11.2. The van der Waals surface area contributed by atoms with Gasteiger partial charge in [-0.15, -0.1) is 11.3 Å². The average Bonchev–Trinajstić information content (AvgIpc) is 3.77. The fourth-order valence-corrected chi connectivity index (χ4v) is 8.93. The van der Waals surface area contributed by atoms with Crippen molar-refractivity contribution in [3.63, 3.8) is 0 Å². The summed E-state index contributed by atoms with van der Waals surface area (Å²) < 4.78 is 48.1. The Labute approximate surface area is 286 Å². The molecule has 0 aliphatic heterocycles. The van der Waals surface area contributed by atoms with E-state index in [2.05, 4.69) is 95.6 Å². The van der Waals surface area contributed by atoms with Crippen molar-refractivity contribution in [2.24, 2.45) is 0 Å².